The maximum atomic E-state index is 12.9. The Morgan fingerprint density at radius 2 is 1.47 bits per heavy atom. The number of hydrogen-bond acceptors (Lipinski definition) is 8. The quantitative estimate of drug-likeness (QED) is 0.395. The van der Waals surface area contributed by atoms with Crippen LogP contribution in [0.15, 0.2) is 82.6 Å². The summed E-state index contributed by atoms with van der Waals surface area (Å²) in [6, 6.07) is 19.4. The molecular formula is C24H26O8S2. The number of rotatable bonds is 11. The molecule has 34 heavy (non-hydrogen) atoms. The Balaban J connectivity index is 1.74. The van der Waals surface area contributed by atoms with Crippen molar-refractivity contribution in [3.8, 4) is 11.5 Å². The van der Waals surface area contributed by atoms with Crippen molar-refractivity contribution in [1.29, 1.82) is 0 Å². The Kier molecular flexibility index (Phi) is 8.32. The largest absolute Gasteiger partial charge is 0.487 e. The van der Waals surface area contributed by atoms with Gasteiger partial charge in [0.25, 0.3) is 0 Å². The third-order valence-corrected chi connectivity index (χ3v) is 7.05. The van der Waals surface area contributed by atoms with Gasteiger partial charge in [-0.05, 0) is 48.4 Å². The topological polar surface area (TPSA) is 116 Å². The van der Waals surface area contributed by atoms with Gasteiger partial charge in [0, 0.05) is 6.26 Å². The molecule has 0 aliphatic heterocycles. The summed E-state index contributed by atoms with van der Waals surface area (Å²) in [6.07, 6.45) is 0.346. The Bertz CT molecular complexity index is 1320. The first-order valence-electron chi connectivity index (χ1n) is 10.3. The van der Waals surface area contributed by atoms with Crippen LogP contribution in [0.5, 0.6) is 11.5 Å². The third-order valence-electron chi connectivity index (χ3n) is 4.75. The number of sulfone groups is 1. The summed E-state index contributed by atoms with van der Waals surface area (Å²) in [6.45, 7) is 1.52. The van der Waals surface area contributed by atoms with Gasteiger partial charge < -0.3 is 18.8 Å². The molecule has 8 nitrogen and oxygen atoms in total. The molecule has 0 aromatic heterocycles. The molecule has 0 amide bonds. The van der Waals surface area contributed by atoms with Crippen molar-refractivity contribution in [3.63, 3.8) is 0 Å². The van der Waals surface area contributed by atoms with Gasteiger partial charge in [0.05, 0.1) is 18.1 Å². The Morgan fingerprint density at radius 3 is 2.12 bits per heavy atom. The van der Waals surface area contributed by atoms with E-state index in [0.717, 1.165) is 17.9 Å². The second kappa shape index (κ2) is 11.0. The van der Waals surface area contributed by atoms with Gasteiger partial charge in [-0.25, -0.2) is 8.42 Å². The maximum Gasteiger partial charge on any atom is 0.339 e. The standard InChI is InChI=1S/C24H26O8S2/c1-18-12-21(33(2,26)27)14-22(13-18)34(28,29)32-24-11-7-6-10-23(24)31-17-20(15-25)30-16-19-8-4-3-5-9-19/h3-14,20,25H,15-17H2,1-2H3. The van der Waals surface area contributed by atoms with E-state index in [2.05, 4.69) is 0 Å². The zero-order chi connectivity index (χ0) is 24.8. The molecule has 0 radical (unpaired) electrons. The molecule has 0 saturated carbocycles. The number of aliphatic hydroxyl groups excluding tert-OH is 1. The van der Waals surface area contributed by atoms with Crippen LogP contribution in [0, 0.1) is 6.92 Å². The maximum absolute atomic E-state index is 12.9. The predicted molar refractivity (Wildman–Crippen MR) is 126 cm³/mol. The Hall–Kier alpha value is -2.92. The first kappa shape index (κ1) is 25.7. The van der Waals surface area contributed by atoms with Gasteiger partial charge in [0.2, 0.25) is 0 Å². The second-order valence-electron chi connectivity index (χ2n) is 7.65. The van der Waals surface area contributed by atoms with Crippen LogP contribution in [0.3, 0.4) is 0 Å². The summed E-state index contributed by atoms with van der Waals surface area (Å²) < 4.78 is 66.3. The van der Waals surface area contributed by atoms with Gasteiger partial charge in [-0.15, -0.1) is 0 Å². The molecule has 3 aromatic rings. The van der Waals surface area contributed by atoms with Crippen molar-refractivity contribution in [3.05, 3.63) is 83.9 Å². The number of para-hydroxylation sites is 2. The number of hydrogen-bond donors (Lipinski definition) is 1. The molecule has 0 spiro atoms. The van der Waals surface area contributed by atoms with E-state index in [4.69, 9.17) is 13.7 Å². The van der Waals surface area contributed by atoms with Gasteiger partial charge >= 0.3 is 10.1 Å². The minimum atomic E-state index is -4.36. The second-order valence-corrected chi connectivity index (χ2v) is 11.2. The van der Waals surface area contributed by atoms with Gasteiger partial charge in [-0.3, -0.25) is 0 Å². The SMILES string of the molecule is Cc1cc(S(C)(=O)=O)cc(S(=O)(=O)Oc2ccccc2OCC(CO)OCc2ccccc2)c1. The molecule has 3 aromatic carbocycles. The van der Waals surface area contributed by atoms with Crippen molar-refractivity contribution in [2.45, 2.75) is 29.4 Å². The molecule has 0 bridgehead atoms. The molecular weight excluding hydrogens is 480 g/mol. The molecule has 0 aliphatic rings. The van der Waals surface area contributed by atoms with Gasteiger partial charge in [-0.2, -0.15) is 8.42 Å². The van der Waals surface area contributed by atoms with E-state index >= 15 is 0 Å². The average Bonchev–Trinajstić information content (AvgIpc) is 2.79. The fraction of sp³-hybridized carbons (Fsp3) is 0.250. The van der Waals surface area contributed by atoms with Gasteiger partial charge in [-0.1, -0.05) is 42.5 Å². The summed E-state index contributed by atoms with van der Waals surface area (Å²) >= 11 is 0. The van der Waals surface area contributed by atoms with Crippen LogP contribution in [0.4, 0.5) is 0 Å². The Labute approximate surface area is 199 Å². The van der Waals surface area contributed by atoms with Crippen molar-refractivity contribution in [2.75, 3.05) is 19.5 Å². The summed E-state index contributed by atoms with van der Waals surface area (Å²) in [5.41, 5.74) is 1.39. The van der Waals surface area contributed by atoms with E-state index in [-0.39, 0.29) is 41.1 Å². The molecule has 1 N–H and O–H groups in total. The molecule has 0 fully saturated rings. The van der Waals surface area contributed by atoms with E-state index in [1.807, 2.05) is 30.3 Å². The molecule has 0 aliphatic carbocycles. The highest BCUT2D eigenvalue weighted by molar-refractivity contribution is 7.90. The predicted octanol–water partition coefficient (Wildman–Crippen LogP) is 3.12. The minimum absolute atomic E-state index is 0.0492. The van der Waals surface area contributed by atoms with Gasteiger partial charge in [0.1, 0.15) is 17.6 Å². The highest BCUT2D eigenvalue weighted by Crippen LogP contribution is 2.30. The van der Waals surface area contributed by atoms with E-state index in [1.54, 1.807) is 19.1 Å². The van der Waals surface area contributed by atoms with Crippen LogP contribution < -0.4 is 8.92 Å². The lowest BCUT2D eigenvalue weighted by Crippen LogP contribution is -2.25. The van der Waals surface area contributed by atoms with Crippen molar-refractivity contribution in [2.24, 2.45) is 0 Å². The number of benzene rings is 3. The first-order chi connectivity index (χ1) is 16.1. The molecule has 0 heterocycles. The highest BCUT2D eigenvalue weighted by atomic mass is 32.2. The summed E-state index contributed by atoms with van der Waals surface area (Å²) in [4.78, 5) is -0.414. The monoisotopic (exact) mass is 506 g/mol. The van der Waals surface area contributed by atoms with Gasteiger partial charge in [0.15, 0.2) is 21.3 Å². The summed E-state index contributed by atoms with van der Waals surface area (Å²) in [5, 5.41) is 9.62. The zero-order valence-corrected chi connectivity index (χ0v) is 20.4. The molecule has 1 unspecified atom stereocenters. The van der Waals surface area contributed by atoms with E-state index in [9.17, 15) is 21.9 Å². The summed E-state index contributed by atoms with van der Waals surface area (Å²) in [7, 11) is -7.97. The van der Waals surface area contributed by atoms with Crippen LogP contribution in [0.2, 0.25) is 0 Å². The minimum Gasteiger partial charge on any atom is -0.487 e. The lowest BCUT2D eigenvalue weighted by Gasteiger charge is -2.18. The fourth-order valence-corrected chi connectivity index (χ4v) is 4.89. The van der Waals surface area contributed by atoms with E-state index < -0.39 is 26.1 Å². The van der Waals surface area contributed by atoms with Crippen LogP contribution in [-0.2, 0) is 31.3 Å². The normalized spacial score (nSPS) is 12.8. The van der Waals surface area contributed by atoms with Crippen LogP contribution in [0.25, 0.3) is 0 Å². The molecule has 3 rings (SSSR count). The lowest BCUT2D eigenvalue weighted by atomic mass is 10.2. The number of aryl methyl sites for hydroxylation is 1. The molecule has 10 heteroatoms. The molecule has 182 valence electrons. The van der Waals surface area contributed by atoms with Crippen molar-refractivity contribution in [1.82, 2.24) is 0 Å². The molecule has 1 atom stereocenters. The van der Waals surface area contributed by atoms with Crippen molar-refractivity contribution < 1.29 is 35.6 Å². The number of ether oxygens (including phenoxy) is 2. The smallest absolute Gasteiger partial charge is 0.339 e. The van der Waals surface area contributed by atoms with Crippen molar-refractivity contribution >= 4 is 20.0 Å². The first-order valence-corrected chi connectivity index (χ1v) is 13.6. The average molecular weight is 507 g/mol. The Morgan fingerprint density at radius 1 is 0.853 bits per heavy atom. The molecule has 0 saturated heterocycles. The number of aliphatic hydroxyl groups is 1. The highest BCUT2D eigenvalue weighted by Gasteiger charge is 2.22. The zero-order valence-electron chi connectivity index (χ0n) is 18.7. The third kappa shape index (κ3) is 7.04. The fourth-order valence-electron chi connectivity index (χ4n) is 3.00. The van der Waals surface area contributed by atoms with Crippen LogP contribution >= 0.6 is 0 Å². The lowest BCUT2D eigenvalue weighted by molar-refractivity contribution is -0.0229. The van der Waals surface area contributed by atoms with Crippen LogP contribution in [0.1, 0.15) is 11.1 Å². The van der Waals surface area contributed by atoms with E-state index in [0.29, 0.717) is 5.56 Å². The van der Waals surface area contributed by atoms with E-state index in [1.165, 1.54) is 24.3 Å². The summed E-state index contributed by atoms with van der Waals surface area (Å²) in [5.74, 6) is 0.0495. The van der Waals surface area contributed by atoms with Crippen LogP contribution in [-0.4, -0.2) is 47.5 Å².